The standard InChI is InChI=1S/C17H26N2O6S/c1-8-10(12(20)21)11-9-26-13(18-14(22)24-16(2,3)4)19(11)15(23)25-17(5,6)7/h9-10H,8H2,1-7H3,(H,20,21). The average Bonchev–Trinajstić information content (AvgIpc) is 2.78. The van der Waals surface area contributed by atoms with Gasteiger partial charge in [-0.2, -0.15) is 0 Å². The Morgan fingerprint density at radius 2 is 1.69 bits per heavy atom. The number of aliphatic carboxylic acids is 1. The number of carbonyl (C=O) groups excluding carboxylic acids is 2. The van der Waals surface area contributed by atoms with Crippen LogP contribution in [0.5, 0.6) is 0 Å². The minimum absolute atomic E-state index is 0.00296. The summed E-state index contributed by atoms with van der Waals surface area (Å²) in [7, 11) is 0. The maximum absolute atomic E-state index is 12.6. The first-order valence-electron chi connectivity index (χ1n) is 8.19. The van der Waals surface area contributed by atoms with Gasteiger partial charge in [-0.05, 0) is 48.0 Å². The van der Waals surface area contributed by atoms with E-state index >= 15 is 0 Å². The number of rotatable bonds is 3. The molecule has 1 unspecified atom stereocenters. The zero-order valence-corrected chi connectivity index (χ0v) is 17.0. The largest absolute Gasteiger partial charge is 0.481 e. The van der Waals surface area contributed by atoms with E-state index in [-0.39, 0.29) is 16.9 Å². The van der Waals surface area contributed by atoms with Crippen LogP contribution in [0.1, 0.15) is 66.5 Å². The van der Waals surface area contributed by atoms with Gasteiger partial charge in [0.1, 0.15) is 11.2 Å². The molecule has 0 aliphatic carbocycles. The van der Waals surface area contributed by atoms with Crippen LogP contribution in [0, 0.1) is 0 Å². The summed E-state index contributed by atoms with van der Waals surface area (Å²) in [6.45, 7) is 11.9. The minimum atomic E-state index is -1.08. The molecular formula is C17H26N2O6S. The molecule has 1 rings (SSSR count). The van der Waals surface area contributed by atoms with Crippen molar-refractivity contribution in [1.82, 2.24) is 4.57 Å². The molecule has 1 atom stereocenters. The first kappa shape index (κ1) is 21.9. The molecule has 0 aliphatic rings. The number of carboxylic acids is 1. The SMILES string of the molecule is CCC(C(=O)O)c1csc(=NC(=O)OC(C)(C)C)n1C(=O)OC(C)(C)C. The highest BCUT2D eigenvalue weighted by molar-refractivity contribution is 7.07. The molecule has 0 fully saturated rings. The number of amides is 1. The summed E-state index contributed by atoms with van der Waals surface area (Å²) in [6.07, 6.45) is -1.40. The van der Waals surface area contributed by atoms with Gasteiger partial charge in [-0.15, -0.1) is 16.3 Å². The lowest BCUT2D eigenvalue weighted by Crippen LogP contribution is -2.35. The van der Waals surface area contributed by atoms with Crippen LogP contribution in [0.3, 0.4) is 0 Å². The van der Waals surface area contributed by atoms with Crippen molar-refractivity contribution < 1.29 is 29.0 Å². The number of thiazole rings is 1. The van der Waals surface area contributed by atoms with Gasteiger partial charge in [0.25, 0.3) is 0 Å². The lowest BCUT2D eigenvalue weighted by molar-refractivity contribution is -0.139. The van der Waals surface area contributed by atoms with E-state index < -0.39 is 35.3 Å². The molecular weight excluding hydrogens is 360 g/mol. The van der Waals surface area contributed by atoms with Crippen LogP contribution in [0.4, 0.5) is 9.59 Å². The van der Waals surface area contributed by atoms with E-state index in [2.05, 4.69) is 4.99 Å². The van der Waals surface area contributed by atoms with E-state index in [1.54, 1.807) is 48.5 Å². The Balaban J connectivity index is 3.48. The third kappa shape index (κ3) is 6.29. The smallest absolute Gasteiger partial charge is 0.436 e. The van der Waals surface area contributed by atoms with Crippen molar-refractivity contribution in [3.8, 4) is 0 Å². The zero-order valence-electron chi connectivity index (χ0n) is 16.2. The van der Waals surface area contributed by atoms with Gasteiger partial charge >= 0.3 is 18.2 Å². The van der Waals surface area contributed by atoms with Crippen molar-refractivity contribution in [1.29, 1.82) is 0 Å². The van der Waals surface area contributed by atoms with Gasteiger partial charge in [0.2, 0.25) is 4.80 Å². The Bertz CT molecular complexity index is 749. The number of ether oxygens (including phenoxy) is 2. The summed E-state index contributed by atoms with van der Waals surface area (Å²) in [4.78, 5) is 40.0. The van der Waals surface area contributed by atoms with Crippen molar-refractivity contribution in [2.75, 3.05) is 0 Å². The number of aromatic nitrogens is 1. The molecule has 1 aromatic rings. The van der Waals surface area contributed by atoms with Gasteiger partial charge < -0.3 is 14.6 Å². The summed E-state index contributed by atoms with van der Waals surface area (Å²) in [6, 6.07) is 0. The van der Waals surface area contributed by atoms with Crippen LogP contribution < -0.4 is 4.80 Å². The van der Waals surface area contributed by atoms with Crippen molar-refractivity contribution in [3.05, 3.63) is 15.9 Å². The Labute approximate surface area is 156 Å². The molecule has 146 valence electrons. The number of nitrogens with zero attached hydrogens (tertiary/aromatic N) is 2. The first-order valence-corrected chi connectivity index (χ1v) is 9.07. The summed E-state index contributed by atoms with van der Waals surface area (Å²) < 4.78 is 11.5. The normalized spacial score (nSPS) is 14.0. The van der Waals surface area contributed by atoms with Crippen molar-refractivity contribution in [2.45, 2.75) is 72.0 Å². The molecule has 1 amide bonds. The second-order valence-corrected chi connectivity index (χ2v) is 8.49. The molecule has 0 bridgehead atoms. The van der Waals surface area contributed by atoms with Crippen molar-refractivity contribution >= 4 is 29.5 Å². The van der Waals surface area contributed by atoms with Crippen LogP contribution in [-0.2, 0) is 14.3 Å². The third-order valence-electron chi connectivity index (χ3n) is 2.95. The maximum Gasteiger partial charge on any atom is 0.436 e. The van der Waals surface area contributed by atoms with E-state index in [0.29, 0.717) is 0 Å². The van der Waals surface area contributed by atoms with Crippen LogP contribution in [0.15, 0.2) is 10.4 Å². The highest BCUT2D eigenvalue weighted by Gasteiger charge is 2.28. The molecule has 9 heteroatoms. The van der Waals surface area contributed by atoms with E-state index in [9.17, 15) is 19.5 Å². The molecule has 26 heavy (non-hydrogen) atoms. The maximum atomic E-state index is 12.6. The summed E-state index contributed by atoms with van der Waals surface area (Å²) >= 11 is 0.977. The Hall–Kier alpha value is -2.16. The highest BCUT2D eigenvalue weighted by Crippen LogP contribution is 2.22. The van der Waals surface area contributed by atoms with Gasteiger partial charge in [-0.1, -0.05) is 6.92 Å². The molecule has 1 N–H and O–H groups in total. The number of carboxylic acid groups (broad SMARTS) is 1. The molecule has 8 nitrogen and oxygen atoms in total. The second-order valence-electron chi connectivity index (χ2n) is 7.65. The fourth-order valence-corrected chi connectivity index (χ4v) is 2.92. The zero-order chi connectivity index (χ0) is 20.3. The van der Waals surface area contributed by atoms with Gasteiger partial charge in [-0.25, -0.2) is 14.2 Å². The van der Waals surface area contributed by atoms with Gasteiger partial charge in [0.15, 0.2) is 0 Å². The quantitative estimate of drug-likeness (QED) is 0.848. The molecule has 0 saturated heterocycles. The van der Waals surface area contributed by atoms with Crippen LogP contribution in [0.2, 0.25) is 0 Å². The lowest BCUT2D eigenvalue weighted by Gasteiger charge is -2.21. The molecule has 1 heterocycles. The van der Waals surface area contributed by atoms with Crippen LogP contribution in [-0.4, -0.2) is 39.0 Å². The molecule has 0 aromatic carbocycles. The fraction of sp³-hybridized carbons (Fsp3) is 0.647. The second kappa shape index (κ2) is 8.03. The Kier molecular flexibility index (Phi) is 6.76. The number of hydrogen-bond donors (Lipinski definition) is 1. The minimum Gasteiger partial charge on any atom is -0.481 e. The molecule has 0 saturated carbocycles. The predicted octanol–water partition coefficient (Wildman–Crippen LogP) is 3.75. The highest BCUT2D eigenvalue weighted by atomic mass is 32.1. The number of carbonyl (C=O) groups is 3. The molecule has 0 aliphatic heterocycles. The average molecular weight is 386 g/mol. The molecule has 1 aromatic heterocycles. The molecule has 0 radical (unpaired) electrons. The van der Waals surface area contributed by atoms with Crippen LogP contribution >= 0.6 is 11.3 Å². The van der Waals surface area contributed by atoms with Crippen LogP contribution in [0.25, 0.3) is 0 Å². The van der Waals surface area contributed by atoms with E-state index in [1.807, 2.05) is 0 Å². The topological polar surface area (TPSA) is 107 Å². The monoisotopic (exact) mass is 386 g/mol. The fourth-order valence-electron chi connectivity index (χ4n) is 2.01. The third-order valence-corrected chi connectivity index (χ3v) is 3.80. The first-order chi connectivity index (χ1) is 11.7. The molecule has 0 spiro atoms. The predicted molar refractivity (Wildman–Crippen MR) is 96.4 cm³/mol. The summed E-state index contributed by atoms with van der Waals surface area (Å²) in [5.74, 6) is -2.01. The lowest BCUT2D eigenvalue weighted by atomic mass is 10.0. The van der Waals surface area contributed by atoms with E-state index in [1.165, 1.54) is 5.38 Å². The van der Waals surface area contributed by atoms with E-state index in [0.717, 1.165) is 15.9 Å². The van der Waals surface area contributed by atoms with Gasteiger partial charge in [0, 0.05) is 5.38 Å². The van der Waals surface area contributed by atoms with Crippen molar-refractivity contribution in [2.24, 2.45) is 4.99 Å². The summed E-state index contributed by atoms with van der Waals surface area (Å²) in [5, 5.41) is 10.9. The summed E-state index contributed by atoms with van der Waals surface area (Å²) in [5.41, 5.74) is -1.33. The van der Waals surface area contributed by atoms with E-state index in [4.69, 9.17) is 9.47 Å². The van der Waals surface area contributed by atoms with Gasteiger partial charge in [-0.3, -0.25) is 4.79 Å². The van der Waals surface area contributed by atoms with Gasteiger partial charge in [0.05, 0.1) is 11.6 Å². The van der Waals surface area contributed by atoms with Crippen molar-refractivity contribution in [3.63, 3.8) is 0 Å². The Morgan fingerprint density at radius 3 is 2.12 bits per heavy atom. The Morgan fingerprint density at radius 1 is 1.15 bits per heavy atom. The number of hydrogen-bond acceptors (Lipinski definition) is 6.